The average Bonchev–Trinajstić information content (AvgIpc) is 1.66. The Balaban J connectivity index is 3.57. The van der Waals surface area contributed by atoms with Gasteiger partial charge in [-0.15, -0.1) is 5.10 Å². The molecule has 0 fully saturated rings. The number of nitrogens with zero attached hydrogens (tertiary/aromatic N) is 2. The molecule has 0 bridgehead atoms. The zero-order chi connectivity index (χ0) is 6.41. The molecule has 0 aliphatic rings. The van der Waals surface area contributed by atoms with Crippen LogP contribution in [-0.2, 0) is 0 Å². The highest BCUT2D eigenvalue weighted by atomic mass is 15.2. The molecule has 0 aliphatic carbocycles. The first kappa shape index (κ1) is 6.88. The number of amidine groups is 1. The van der Waals surface area contributed by atoms with E-state index in [0.29, 0.717) is 5.84 Å². The molecular formula is C5H9N3. The van der Waals surface area contributed by atoms with Crippen molar-refractivity contribution in [3.63, 3.8) is 0 Å². The van der Waals surface area contributed by atoms with Gasteiger partial charge in [0.05, 0.1) is 0 Å². The van der Waals surface area contributed by atoms with Crippen LogP contribution in [0.3, 0.4) is 0 Å². The first-order valence-corrected chi connectivity index (χ1v) is 2.21. The SMILES string of the molecule is C=C/C=N/N=C(/C)N. The number of hydrogen-bond donors (Lipinski definition) is 1. The van der Waals surface area contributed by atoms with Crippen LogP contribution in [-0.4, -0.2) is 12.1 Å². The van der Waals surface area contributed by atoms with Gasteiger partial charge in [0.15, 0.2) is 0 Å². The fourth-order valence-electron chi connectivity index (χ4n) is 0.172. The third-order valence-corrected chi connectivity index (χ3v) is 0.388. The Bertz CT molecular complexity index is 120. The van der Waals surface area contributed by atoms with Crippen molar-refractivity contribution in [2.24, 2.45) is 15.9 Å². The molecule has 0 amide bonds. The maximum atomic E-state index is 5.14. The van der Waals surface area contributed by atoms with Crippen molar-refractivity contribution in [2.45, 2.75) is 6.92 Å². The van der Waals surface area contributed by atoms with Gasteiger partial charge < -0.3 is 5.73 Å². The minimum Gasteiger partial charge on any atom is -0.386 e. The van der Waals surface area contributed by atoms with Gasteiger partial charge in [-0.2, -0.15) is 5.10 Å². The molecule has 0 radical (unpaired) electrons. The smallest absolute Gasteiger partial charge is 0.119 e. The van der Waals surface area contributed by atoms with Crippen molar-refractivity contribution >= 4 is 12.1 Å². The van der Waals surface area contributed by atoms with Gasteiger partial charge in [0.2, 0.25) is 0 Å². The molecule has 3 heteroatoms. The molecule has 44 valence electrons. The number of nitrogens with two attached hydrogens (primary N) is 1. The normalized spacial score (nSPS) is 12.4. The van der Waals surface area contributed by atoms with E-state index in [1.54, 1.807) is 6.92 Å². The molecule has 3 nitrogen and oxygen atoms in total. The largest absolute Gasteiger partial charge is 0.386 e. The van der Waals surface area contributed by atoms with Crippen LogP contribution in [0.2, 0.25) is 0 Å². The summed E-state index contributed by atoms with van der Waals surface area (Å²) in [6.45, 7) is 5.07. The lowest BCUT2D eigenvalue weighted by Crippen LogP contribution is -2.03. The third-order valence-electron chi connectivity index (χ3n) is 0.388. The van der Waals surface area contributed by atoms with Gasteiger partial charge in [-0.3, -0.25) is 0 Å². The van der Waals surface area contributed by atoms with Crippen LogP contribution in [0.4, 0.5) is 0 Å². The number of hydrogen-bond acceptors (Lipinski definition) is 2. The summed E-state index contributed by atoms with van der Waals surface area (Å²) in [5, 5.41) is 7.02. The van der Waals surface area contributed by atoms with Crippen molar-refractivity contribution in [3.8, 4) is 0 Å². The Kier molecular flexibility index (Phi) is 3.48. The van der Waals surface area contributed by atoms with E-state index in [-0.39, 0.29) is 0 Å². The summed E-state index contributed by atoms with van der Waals surface area (Å²) in [7, 11) is 0. The van der Waals surface area contributed by atoms with Crippen molar-refractivity contribution in [3.05, 3.63) is 12.7 Å². The van der Waals surface area contributed by atoms with Crippen LogP contribution in [0, 0.1) is 0 Å². The monoisotopic (exact) mass is 111 g/mol. The minimum absolute atomic E-state index is 0.447. The molecule has 0 aromatic rings. The zero-order valence-corrected chi connectivity index (χ0v) is 4.83. The van der Waals surface area contributed by atoms with Crippen LogP contribution < -0.4 is 5.73 Å². The van der Waals surface area contributed by atoms with Gasteiger partial charge in [-0.1, -0.05) is 6.58 Å². The van der Waals surface area contributed by atoms with E-state index in [2.05, 4.69) is 16.8 Å². The second-order valence-electron chi connectivity index (χ2n) is 1.24. The van der Waals surface area contributed by atoms with E-state index < -0.39 is 0 Å². The van der Waals surface area contributed by atoms with E-state index in [4.69, 9.17) is 5.73 Å². The predicted molar refractivity (Wildman–Crippen MR) is 36.0 cm³/mol. The molecule has 0 atom stereocenters. The summed E-state index contributed by atoms with van der Waals surface area (Å²) >= 11 is 0. The fourth-order valence-corrected chi connectivity index (χ4v) is 0.172. The number of rotatable bonds is 2. The van der Waals surface area contributed by atoms with Gasteiger partial charge in [0.1, 0.15) is 5.84 Å². The molecule has 0 saturated heterocycles. The summed E-state index contributed by atoms with van der Waals surface area (Å²) in [6, 6.07) is 0. The molecule has 0 spiro atoms. The summed E-state index contributed by atoms with van der Waals surface area (Å²) in [6.07, 6.45) is 3.00. The second kappa shape index (κ2) is 4.05. The third kappa shape index (κ3) is 4.88. The Morgan fingerprint density at radius 1 is 1.75 bits per heavy atom. The van der Waals surface area contributed by atoms with Gasteiger partial charge in [-0.25, -0.2) is 0 Å². The summed E-state index contributed by atoms with van der Waals surface area (Å²) in [5.41, 5.74) is 5.14. The quantitative estimate of drug-likeness (QED) is 0.315. The van der Waals surface area contributed by atoms with Crippen molar-refractivity contribution in [2.75, 3.05) is 0 Å². The average molecular weight is 111 g/mol. The van der Waals surface area contributed by atoms with Gasteiger partial charge in [-0.05, 0) is 13.0 Å². The Hall–Kier alpha value is -1.12. The molecule has 0 aromatic carbocycles. The topological polar surface area (TPSA) is 50.7 Å². The highest BCUT2D eigenvalue weighted by molar-refractivity contribution is 5.78. The van der Waals surface area contributed by atoms with Gasteiger partial charge in [0.25, 0.3) is 0 Å². The van der Waals surface area contributed by atoms with Crippen molar-refractivity contribution in [1.82, 2.24) is 0 Å². The molecule has 0 rings (SSSR count). The first-order chi connectivity index (χ1) is 3.77. The van der Waals surface area contributed by atoms with Crippen LogP contribution in [0.15, 0.2) is 22.9 Å². The standard InChI is InChI=1S/C5H9N3/c1-3-4-7-8-5(2)6/h3-4H,1H2,2H3,(H2,6,8)/b7-4+. The maximum Gasteiger partial charge on any atom is 0.119 e. The van der Waals surface area contributed by atoms with E-state index in [1.165, 1.54) is 12.3 Å². The molecule has 0 saturated carbocycles. The molecule has 2 N–H and O–H groups in total. The molecule has 8 heavy (non-hydrogen) atoms. The van der Waals surface area contributed by atoms with E-state index in [1.807, 2.05) is 0 Å². The van der Waals surface area contributed by atoms with Gasteiger partial charge >= 0.3 is 0 Å². The highest BCUT2D eigenvalue weighted by Crippen LogP contribution is 1.68. The maximum absolute atomic E-state index is 5.14. The van der Waals surface area contributed by atoms with E-state index in [0.717, 1.165) is 0 Å². The Morgan fingerprint density at radius 3 is 2.75 bits per heavy atom. The zero-order valence-electron chi connectivity index (χ0n) is 4.83. The number of allylic oxidation sites excluding steroid dienone is 1. The van der Waals surface area contributed by atoms with E-state index in [9.17, 15) is 0 Å². The predicted octanol–water partition coefficient (Wildman–Crippen LogP) is 0.535. The lowest BCUT2D eigenvalue weighted by atomic mass is 10.7. The Labute approximate surface area is 48.6 Å². The molecule has 0 heterocycles. The van der Waals surface area contributed by atoms with Crippen LogP contribution in [0.5, 0.6) is 0 Å². The van der Waals surface area contributed by atoms with Crippen LogP contribution >= 0.6 is 0 Å². The lowest BCUT2D eigenvalue weighted by molar-refractivity contribution is 1.23. The summed E-state index contributed by atoms with van der Waals surface area (Å²) in [5.74, 6) is 0.447. The van der Waals surface area contributed by atoms with E-state index >= 15 is 0 Å². The van der Waals surface area contributed by atoms with Crippen molar-refractivity contribution in [1.29, 1.82) is 0 Å². The minimum atomic E-state index is 0.447. The second-order valence-corrected chi connectivity index (χ2v) is 1.24. The molecule has 0 unspecified atom stereocenters. The molecule has 0 aliphatic heterocycles. The molecule has 0 aromatic heterocycles. The summed E-state index contributed by atoms with van der Waals surface area (Å²) in [4.78, 5) is 0. The highest BCUT2D eigenvalue weighted by Gasteiger charge is 1.68. The van der Waals surface area contributed by atoms with Crippen LogP contribution in [0.25, 0.3) is 0 Å². The fraction of sp³-hybridized carbons (Fsp3) is 0.200. The Morgan fingerprint density at radius 2 is 2.38 bits per heavy atom. The van der Waals surface area contributed by atoms with Crippen molar-refractivity contribution < 1.29 is 0 Å². The summed E-state index contributed by atoms with van der Waals surface area (Å²) < 4.78 is 0. The molecular weight excluding hydrogens is 102 g/mol. The first-order valence-electron chi connectivity index (χ1n) is 2.21. The lowest BCUT2D eigenvalue weighted by Gasteiger charge is -1.78. The van der Waals surface area contributed by atoms with Crippen LogP contribution in [0.1, 0.15) is 6.92 Å². The van der Waals surface area contributed by atoms with Gasteiger partial charge in [0, 0.05) is 6.21 Å².